The van der Waals surface area contributed by atoms with Crippen LogP contribution in [0.2, 0.25) is 0 Å². The highest BCUT2D eigenvalue weighted by Gasteiger charge is 2.22. The lowest BCUT2D eigenvalue weighted by Crippen LogP contribution is -2.21. The molecule has 4 aromatic rings. The van der Waals surface area contributed by atoms with E-state index in [0.717, 1.165) is 36.4 Å². The van der Waals surface area contributed by atoms with E-state index in [4.69, 9.17) is 4.74 Å². The van der Waals surface area contributed by atoms with Crippen molar-refractivity contribution in [3.8, 4) is 34.5 Å². The van der Waals surface area contributed by atoms with Crippen LogP contribution < -0.4 is 15.6 Å². The third-order valence-corrected chi connectivity index (χ3v) is 6.50. The van der Waals surface area contributed by atoms with E-state index in [0.29, 0.717) is 16.5 Å². The van der Waals surface area contributed by atoms with E-state index in [-0.39, 0.29) is 38.9 Å². The van der Waals surface area contributed by atoms with Crippen molar-refractivity contribution in [2.24, 2.45) is 5.92 Å². The molecule has 5 rings (SSSR count). The normalized spacial score (nSPS) is 12.7. The van der Waals surface area contributed by atoms with Gasteiger partial charge in [-0.05, 0) is 43.9 Å². The van der Waals surface area contributed by atoms with Gasteiger partial charge in [-0.2, -0.15) is 0 Å². The van der Waals surface area contributed by atoms with Gasteiger partial charge in [0.15, 0.2) is 5.01 Å². The van der Waals surface area contributed by atoms with E-state index in [2.05, 4.69) is 37.3 Å². The fourth-order valence-electron chi connectivity index (χ4n) is 3.59. The first-order valence-corrected chi connectivity index (χ1v) is 12.3. The number of hydrogen-bond donors (Lipinski definition) is 1. The number of ether oxygens (including phenoxy) is 1. The van der Waals surface area contributed by atoms with Crippen molar-refractivity contribution < 1.29 is 18.3 Å². The predicted octanol–water partition coefficient (Wildman–Crippen LogP) is 4.41. The number of hydrogen-bond acceptors (Lipinski definition) is 8. The molecule has 0 atom stereocenters. The average molecular weight is 535 g/mol. The number of methoxy groups -OCH3 is 1. The molecular formula is C26H20F2N6O3S. The van der Waals surface area contributed by atoms with Gasteiger partial charge in [0.05, 0.1) is 18.9 Å². The Morgan fingerprint density at radius 1 is 1.21 bits per heavy atom. The summed E-state index contributed by atoms with van der Waals surface area (Å²) in [6.07, 6.45) is 3.25. The summed E-state index contributed by atoms with van der Waals surface area (Å²) < 4.78 is 33.8. The second-order valence-corrected chi connectivity index (χ2v) is 9.45. The zero-order valence-corrected chi connectivity index (χ0v) is 21.1. The van der Waals surface area contributed by atoms with Crippen LogP contribution in [0.1, 0.15) is 45.9 Å². The van der Waals surface area contributed by atoms with E-state index < -0.39 is 18.0 Å². The topological polar surface area (TPSA) is 112 Å². The molecule has 0 saturated heterocycles. The first kappa shape index (κ1) is 25.2. The molecule has 4 heterocycles. The first-order valence-electron chi connectivity index (χ1n) is 11.5. The maximum atomic E-state index is 13.5. The van der Waals surface area contributed by atoms with Crippen LogP contribution in [0.4, 0.5) is 13.9 Å². The highest BCUT2D eigenvalue weighted by molar-refractivity contribution is 7.15. The standard InChI is InChI=1S/C26H20F2N6O3S/c1-14-4-3-9-34(25(14)36)21-11-16(17-10-19(23(27)28)29-13-20(17)37-2)18(12-30-21)24(35)31-26-33-32-22(38-26)8-7-15-5-6-15/h3-4,9-13,15,23H,5-6H2,1-2H3,(H,31,33,35). The molecule has 1 N–H and O–H groups in total. The van der Waals surface area contributed by atoms with Gasteiger partial charge in [0.1, 0.15) is 17.3 Å². The molecule has 0 aromatic carbocycles. The minimum Gasteiger partial charge on any atom is -0.494 e. The Bertz CT molecular complexity index is 1650. The third-order valence-electron chi connectivity index (χ3n) is 5.75. The number of rotatable bonds is 6. The number of aromatic nitrogens is 5. The number of pyridine rings is 3. The Morgan fingerprint density at radius 3 is 2.76 bits per heavy atom. The van der Waals surface area contributed by atoms with Gasteiger partial charge in [-0.3, -0.25) is 24.5 Å². The number of alkyl halides is 2. The number of amides is 1. The monoisotopic (exact) mass is 534 g/mol. The van der Waals surface area contributed by atoms with Crippen molar-refractivity contribution >= 4 is 22.4 Å². The number of carbonyl (C=O) groups is 1. The highest BCUT2D eigenvalue weighted by Crippen LogP contribution is 2.35. The quantitative estimate of drug-likeness (QED) is 0.365. The summed E-state index contributed by atoms with van der Waals surface area (Å²) in [7, 11) is 1.36. The van der Waals surface area contributed by atoms with Gasteiger partial charge in [0.2, 0.25) is 5.13 Å². The summed E-state index contributed by atoms with van der Waals surface area (Å²) in [6, 6.07) is 5.96. The van der Waals surface area contributed by atoms with Crippen molar-refractivity contribution in [1.82, 2.24) is 24.7 Å². The van der Waals surface area contributed by atoms with Crippen molar-refractivity contribution in [3.05, 3.63) is 75.0 Å². The molecule has 1 aliphatic rings. The molecule has 1 aliphatic carbocycles. The van der Waals surface area contributed by atoms with Crippen LogP contribution in [0.5, 0.6) is 5.75 Å². The maximum absolute atomic E-state index is 13.5. The van der Waals surface area contributed by atoms with Crippen LogP contribution in [0.3, 0.4) is 0 Å². The maximum Gasteiger partial charge on any atom is 0.280 e. The molecule has 1 fully saturated rings. The van der Waals surface area contributed by atoms with Crippen LogP contribution in [-0.4, -0.2) is 37.7 Å². The average Bonchev–Trinajstić information content (AvgIpc) is 3.65. The van der Waals surface area contributed by atoms with Gasteiger partial charge in [-0.15, -0.1) is 10.2 Å². The fourth-order valence-corrected chi connectivity index (χ4v) is 4.19. The summed E-state index contributed by atoms with van der Waals surface area (Å²) in [5.41, 5.74) is 0.102. The van der Waals surface area contributed by atoms with E-state index in [9.17, 15) is 18.4 Å². The summed E-state index contributed by atoms with van der Waals surface area (Å²) in [4.78, 5) is 34.2. The zero-order chi connectivity index (χ0) is 26.8. The molecule has 4 aromatic heterocycles. The highest BCUT2D eigenvalue weighted by atomic mass is 32.1. The summed E-state index contributed by atoms with van der Waals surface area (Å²) in [5.74, 6) is 6.17. The summed E-state index contributed by atoms with van der Waals surface area (Å²) in [5, 5.41) is 11.3. The Hall–Kier alpha value is -4.50. The molecule has 0 spiro atoms. The zero-order valence-electron chi connectivity index (χ0n) is 20.2. The molecule has 9 nitrogen and oxygen atoms in total. The molecule has 1 amide bonds. The number of aryl methyl sites for hydroxylation is 1. The molecular weight excluding hydrogens is 514 g/mol. The van der Waals surface area contributed by atoms with Crippen LogP contribution in [0, 0.1) is 24.7 Å². The molecule has 0 unspecified atom stereocenters. The third kappa shape index (κ3) is 5.28. The van der Waals surface area contributed by atoms with Gasteiger partial charge in [-0.25, -0.2) is 13.8 Å². The Morgan fingerprint density at radius 2 is 2.03 bits per heavy atom. The van der Waals surface area contributed by atoms with E-state index >= 15 is 0 Å². The van der Waals surface area contributed by atoms with Crippen LogP contribution >= 0.6 is 11.3 Å². The SMILES string of the molecule is COc1cnc(C(F)F)cc1-c1cc(-n2cccc(C)c2=O)ncc1C(=O)Nc1nnc(C#CC2CC2)s1. The molecule has 12 heteroatoms. The Balaban J connectivity index is 1.59. The lowest BCUT2D eigenvalue weighted by molar-refractivity contribution is 0.102. The van der Waals surface area contributed by atoms with Crippen molar-refractivity contribution in [2.75, 3.05) is 12.4 Å². The summed E-state index contributed by atoms with van der Waals surface area (Å²) in [6.45, 7) is 1.66. The van der Waals surface area contributed by atoms with E-state index in [1.54, 1.807) is 19.1 Å². The Labute approximate surface area is 219 Å². The fraction of sp³-hybridized carbons (Fsp3) is 0.231. The van der Waals surface area contributed by atoms with Crippen molar-refractivity contribution in [2.45, 2.75) is 26.2 Å². The lowest BCUT2D eigenvalue weighted by atomic mass is 10.00. The minimum absolute atomic E-state index is 0.0417. The van der Waals surface area contributed by atoms with Crippen molar-refractivity contribution in [3.63, 3.8) is 0 Å². The lowest BCUT2D eigenvalue weighted by Gasteiger charge is -2.15. The van der Waals surface area contributed by atoms with Crippen LogP contribution in [0.25, 0.3) is 16.9 Å². The predicted molar refractivity (Wildman–Crippen MR) is 137 cm³/mol. The van der Waals surface area contributed by atoms with Gasteiger partial charge in [0.25, 0.3) is 17.9 Å². The molecule has 192 valence electrons. The molecule has 0 aliphatic heterocycles. The minimum atomic E-state index is -2.85. The molecule has 1 saturated carbocycles. The number of nitrogens with zero attached hydrogens (tertiary/aromatic N) is 5. The molecule has 0 bridgehead atoms. The first-order chi connectivity index (χ1) is 18.3. The smallest absolute Gasteiger partial charge is 0.280 e. The van der Waals surface area contributed by atoms with Crippen LogP contribution in [-0.2, 0) is 0 Å². The van der Waals surface area contributed by atoms with Crippen LogP contribution in [0.15, 0.2) is 47.7 Å². The number of halogens is 2. The van der Waals surface area contributed by atoms with Gasteiger partial charge in [-0.1, -0.05) is 23.3 Å². The van der Waals surface area contributed by atoms with E-state index in [1.807, 2.05) is 0 Å². The van der Waals surface area contributed by atoms with Crippen molar-refractivity contribution in [1.29, 1.82) is 0 Å². The summed E-state index contributed by atoms with van der Waals surface area (Å²) >= 11 is 1.12. The second-order valence-electron chi connectivity index (χ2n) is 8.47. The van der Waals surface area contributed by atoms with Gasteiger partial charge in [0, 0.05) is 35.0 Å². The van der Waals surface area contributed by atoms with Gasteiger partial charge < -0.3 is 4.74 Å². The molecule has 0 radical (unpaired) electrons. The Kier molecular flexibility index (Phi) is 6.93. The number of carbonyl (C=O) groups excluding carboxylic acids is 1. The van der Waals surface area contributed by atoms with E-state index in [1.165, 1.54) is 30.1 Å². The largest absolute Gasteiger partial charge is 0.494 e. The number of anilines is 1. The molecule has 38 heavy (non-hydrogen) atoms. The van der Waals surface area contributed by atoms with Gasteiger partial charge >= 0.3 is 0 Å². The number of nitrogens with one attached hydrogen (secondary N) is 1. The second kappa shape index (κ2) is 10.5.